The Hall–Kier alpha value is -2.84. The van der Waals surface area contributed by atoms with Crippen LogP contribution in [0.1, 0.15) is 48.0 Å². The lowest BCUT2D eigenvalue weighted by Gasteiger charge is -2.20. The summed E-state index contributed by atoms with van der Waals surface area (Å²) >= 11 is 0. The first-order chi connectivity index (χ1) is 15.1. The molecule has 0 bridgehead atoms. The number of fused-ring (bicyclic) bond motifs is 1. The molecule has 8 heteroatoms. The lowest BCUT2D eigenvalue weighted by molar-refractivity contribution is 0.0997. The minimum atomic E-state index is -3.66. The van der Waals surface area contributed by atoms with Gasteiger partial charge in [-0.3, -0.25) is 4.79 Å². The molecule has 0 atom stereocenters. The van der Waals surface area contributed by atoms with Crippen LogP contribution in [0.2, 0.25) is 0 Å². The second-order valence-corrected chi connectivity index (χ2v) is 9.54. The molecule has 1 amide bonds. The molecule has 0 radical (unpaired) electrons. The minimum absolute atomic E-state index is 0.155. The third-order valence-electron chi connectivity index (χ3n) is 5.66. The monoisotopic (exact) mass is 458 g/mol. The van der Waals surface area contributed by atoms with Crippen molar-refractivity contribution in [1.82, 2.24) is 4.31 Å². The zero-order valence-electron chi connectivity index (χ0n) is 19.4. The highest BCUT2D eigenvalue weighted by Crippen LogP contribution is 2.31. The fraction of sp³-hybridized carbons (Fsp3) is 0.375. The summed E-state index contributed by atoms with van der Waals surface area (Å²) in [5, 5.41) is 3.65. The van der Waals surface area contributed by atoms with Crippen molar-refractivity contribution in [1.29, 1.82) is 0 Å². The lowest BCUT2D eigenvalue weighted by atomic mass is 10.1. The van der Waals surface area contributed by atoms with E-state index in [4.69, 9.17) is 9.15 Å². The molecule has 2 aromatic carbocycles. The van der Waals surface area contributed by atoms with E-state index in [-0.39, 0.29) is 10.7 Å². The van der Waals surface area contributed by atoms with E-state index in [9.17, 15) is 13.2 Å². The number of nitrogens with zero attached hydrogens (tertiary/aromatic N) is 1. The molecule has 0 unspecified atom stereocenters. The molecule has 0 saturated heterocycles. The Balaban J connectivity index is 1.99. The van der Waals surface area contributed by atoms with Gasteiger partial charge in [-0.05, 0) is 69.2 Å². The van der Waals surface area contributed by atoms with E-state index in [0.29, 0.717) is 42.3 Å². The first kappa shape index (κ1) is 23.8. The van der Waals surface area contributed by atoms with E-state index in [1.165, 1.54) is 10.4 Å². The first-order valence-electron chi connectivity index (χ1n) is 10.7. The van der Waals surface area contributed by atoms with Crippen LogP contribution in [0.5, 0.6) is 5.75 Å². The highest BCUT2D eigenvalue weighted by Gasteiger charge is 2.25. The second kappa shape index (κ2) is 9.34. The molecule has 0 saturated carbocycles. The van der Waals surface area contributed by atoms with Gasteiger partial charge in [-0.15, -0.1) is 0 Å². The number of hydrogen-bond acceptors (Lipinski definition) is 5. The van der Waals surface area contributed by atoms with Gasteiger partial charge in [0.15, 0.2) is 5.76 Å². The van der Waals surface area contributed by atoms with Crippen molar-refractivity contribution in [2.45, 2.75) is 46.4 Å². The molecule has 1 heterocycles. The molecule has 172 valence electrons. The minimum Gasteiger partial charge on any atom is -0.494 e. The fourth-order valence-electron chi connectivity index (χ4n) is 3.67. The number of amides is 1. The van der Waals surface area contributed by atoms with Gasteiger partial charge in [-0.1, -0.05) is 13.8 Å². The molecule has 0 aliphatic heterocycles. The maximum atomic E-state index is 13.1. The van der Waals surface area contributed by atoms with Gasteiger partial charge in [0.05, 0.1) is 11.5 Å². The van der Waals surface area contributed by atoms with Crippen LogP contribution < -0.4 is 10.1 Å². The Bertz CT molecular complexity index is 1260. The molecular weight excluding hydrogens is 428 g/mol. The number of anilines is 1. The van der Waals surface area contributed by atoms with E-state index in [0.717, 1.165) is 16.5 Å². The van der Waals surface area contributed by atoms with Crippen molar-refractivity contribution in [3.05, 3.63) is 52.8 Å². The summed E-state index contributed by atoms with van der Waals surface area (Å²) in [5.41, 5.74) is 3.29. The van der Waals surface area contributed by atoms with E-state index in [2.05, 4.69) is 5.32 Å². The van der Waals surface area contributed by atoms with E-state index < -0.39 is 15.9 Å². The SMILES string of the molecule is CCOc1ccc2oc(C(=O)Nc3cc(S(=O)(=O)N(CC)CC)cc(C)c3C)c(C)c2c1. The molecular formula is C24H30N2O5S. The largest absolute Gasteiger partial charge is 0.494 e. The Morgan fingerprint density at radius 3 is 2.34 bits per heavy atom. The van der Waals surface area contributed by atoms with E-state index in [1.54, 1.807) is 32.0 Å². The van der Waals surface area contributed by atoms with Crippen molar-refractivity contribution in [3.8, 4) is 5.75 Å². The normalized spacial score (nSPS) is 11.8. The summed E-state index contributed by atoms with van der Waals surface area (Å²) in [7, 11) is -3.66. The van der Waals surface area contributed by atoms with Gasteiger partial charge in [0, 0.05) is 29.7 Å². The van der Waals surface area contributed by atoms with Crippen molar-refractivity contribution in [3.63, 3.8) is 0 Å². The summed E-state index contributed by atoms with van der Waals surface area (Å²) in [5.74, 6) is 0.455. The van der Waals surface area contributed by atoms with Gasteiger partial charge >= 0.3 is 0 Å². The zero-order valence-corrected chi connectivity index (χ0v) is 20.2. The van der Waals surface area contributed by atoms with Gasteiger partial charge < -0.3 is 14.5 Å². The standard InChI is InChI=1S/C24H30N2O5S/c1-7-26(8-2)32(28,29)19-12-15(4)16(5)21(14-19)25-24(27)23-17(6)20-13-18(30-9-3)10-11-22(20)31-23/h10-14H,7-9H2,1-6H3,(H,25,27). The Morgan fingerprint density at radius 1 is 1.03 bits per heavy atom. The Morgan fingerprint density at radius 2 is 1.72 bits per heavy atom. The molecule has 0 aliphatic carbocycles. The van der Waals surface area contributed by atoms with Crippen molar-refractivity contribution in [2.75, 3.05) is 25.0 Å². The Kier molecular flexibility index (Phi) is 6.95. The quantitative estimate of drug-likeness (QED) is 0.511. The van der Waals surface area contributed by atoms with Crippen LogP contribution in [0, 0.1) is 20.8 Å². The molecule has 0 aliphatic rings. The average molecular weight is 459 g/mol. The molecule has 3 rings (SSSR count). The van der Waals surface area contributed by atoms with Crippen LogP contribution in [-0.4, -0.2) is 38.3 Å². The smallest absolute Gasteiger partial charge is 0.291 e. The third kappa shape index (κ3) is 4.38. The van der Waals surface area contributed by atoms with E-state index in [1.807, 2.05) is 33.8 Å². The van der Waals surface area contributed by atoms with Gasteiger partial charge in [-0.25, -0.2) is 8.42 Å². The van der Waals surface area contributed by atoms with Gasteiger partial charge in [0.2, 0.25) is 10.0 Å². The maximum absolute atomic E-state index is 13.1. The van der Waals surface area contributed by atoms with Crippen LogP contribution >= 0.6 is 0 Å². The number of nitrogens with one attached hydrogen (secondary N) is 1. The zero-order chi connectivity index (χ0) is 23.6. The molecule has 1 aromatic heterocycles. The molecule has 0 fully saturated rings. The van der Waals surface area contributed by atoms with Gasteiger partial charge in [0.25, 0.3) is 5.91 Å². The molecule has 0 spiro atoms. The van der Waals surface area contributed by atoms with Crippen LogP contribution in [0.15, 0.2) is 39.6 Å². The predicted molar refractivity (Wildman–Crippen MR) is 126 cm³/mol. The van der Waals surface area contributed by atoms with Crippen LogP contribution in [0.3, 0.4) is 0 Å². The van der Waals surface area contributed by atoms with Crippen molar-refractivity contribution < 1.29 is 22.4 Å². The van der Waals surface area contributed by atoms with Crippen LogP contribution in [-0.2, 0) is 10.0 Å². The Labute approximate surface area is 189 Å². The molecule has 3 aromatic rings. The number of aryl methyl sites for hydroxylation is 2. The summed E-state index contributed by atoms with van der Waals surface area (Å²) in [4.78, 5) is 13.2. The van der Waals surface area contributed by atoms with Crippen LogP contribution in [0.25, 0.3) is 11.0 Å². The lowest BCUT2D eigenvalue weighted by Crippen LogP contribution is -2.30. The summed E-state index contributed by atoms with van der Waals surface area (Å²) in [6, 6.07) is 8.57. The predicted octanol–water partition coefficient (Wildman–Crippen LogP) is 5.04. The van der Waals surface area contributed by atoms with Crippen molar-refractivity contribution >= 4 is 32.6 Å². The third-order valence-corrected chi connectivity index (χ3v) is 7.68. The summed E-state index contributed by atoms with van der Waals surface area (Å²) < 4.78 is 38.8. The number of sulfonamides is 1. The number of rotatable bonds is 8. The highest BCUT2D eigenvalue weighted by molar-refractivity contribution is 7.89. The second-order valence-electron chi connectivity index (χ2n) is 7.60. The number of benzene rings is 2. The van der Waals surface area contributed by atoms with Gasteiger partial charge in [-0.2, -0.15) is 4.31 Å². The van der Waals surface area contributed by atoms with E-state index >= 15 is 0 Å². The molecule has 1 N–H and O–H groups in total. The molecule has 32 heavy (non-hydrogen) atoms. The number of carbonyl (C=O) groups is 1. The number of ether oxygens (including phenoxy) is 1. The first-order valence-corrected chi connectivity index (χ1v) is 12.2. The topological polar surface area (TPSA) is 88.8 Å². The number of furan rings is 1. The summed E-state index contributed by atoms with van der Waals surface area (Å²) in [6.07, 6.45) is 0. The maximum Gasteiger partial charge on any atom is 0.291 e. The van der Waals surface area contributed by atoms with Gasteiger partial charge in [0.1, 0.15) is 11.3 Å². The number of carbonyl (C=O) groups excluding carboxylic acids is 1. The highest BCUT2D eigenvalue weighted by atomic mass is 32.2. The van der Waals surface area contributed by atoms with Crippen molar-refractivity contribution in [2.24, 2.45) is 0 Å². The fourth-order valence-corrected chi connectivity index (χ4v) is 5.24. The average Bonchev–Trinajstić information content (AvgIpc) is 3.08. The number of hydrogen-bond donors (Lipinski definition) is 1. The molecule has 7 nitrogen and oxygen atoms in total. The summed E-state index contributed by atoms with van der Waals surface area (Å²) in [6.45, 7) is 12.3. The van der Waals surface area contributed by atoms with Crippen LogP contribution in [0.4, 0.5) is 5.69 Å².